The second kappa shape index (κ2) is 5.31. The molecule has 1 N–H and O–H groups in total. The van der Waals surface area contributed by atoms with Crippen LogP contribution in [0, 0.1) is 5.92 Å². The van der Waals surface area contributed by atoms with Gasteiger partial charge < -0.3 is 10.1 Å². The number of benzene rings is 1. The van der Waals surface area contributed by atoms with Crippen molar-refractivity contribution in [2.45, 2.75) is 51.2 Å². The van der Waals surface area contributed by atoms with Gasteiger partial charge in [0, 0.05) is 6.04 Å². The van der Waals surface area contributed by atoms with Gasteiger partial charge in [-0.15, -0.1) is 0 Å². The van der Waals surface area contributed by atoms with Gasteiger partial charge in [0.2, 0.25) is 0 Å². The lowest BCUT2D eigenvalue weighted by Gasteiger charge is -2.30. The second-order valence-electron chi connectivity index (χ2n) is 5.69. The van der Waals surface area contributed by atoms with E-state index in [2.05, 4.69) is 36.5 Å². The molecule has 2 fully saturated rings. The van der Waals surface area contributed by atoms with Crippen LogP contribution in [0.1, 0.15) is 50.6 Å². The van der Waals surface area contributed by atoms with Crippen molar-refractivity contribution in [3.05, 3.63) is 29.8 Å². The molecule has 2 atom stereocenters. The van der Waals surface area contributed by atoms with Crippen LogP contribution in [-0.4, -0.2) is 12.6 Å². The lowest BCUT2D eigenvalue weighted by atomic mass is 9.87. The zero-order valence-corrected chi connectivity index (χ0v) is 11.2. The normalized spacial score (nSPS) is 28.1. The van der Waals surface area contributed by atoms with Gasteiger partial charge in [0.15, 0.2) is 0 Å². The van der Waals surface area contributed by atoms with Crippen LogP contribution in [0.2, 0.25) is 0 Å². The summed E-state index contributed by atoms with van der Waals surface area (Å²) >= 11 is 0. The monoisotopic (exact) mass is 245 g/mol. The second-order valence-corrected chi connectivity index (χ2v) is 5.69. The van der Waals surface area contributed by atoms with Crippen molar-refractivity contribution >= 4 is 0 Å². The molecule has 3 rings (SSSR count). The first-order chi connectivity index (χ1) is 8.85. The van der Waals surface area contributed by atoms with Gasteiger partial charge in [0.1, 0.15) is 5.75 Å². The van der Waals surface area contributed by atoms with Crippen LogP contribution in [0.3, 0.4) is 0 Å². The molecular formula is C16H23NO. The average molecular weight is 245 g/mol. The topological polar surface area (TPSA) is 21.3 Å². The number of piperidine rings is 1. The molecule has 2 aliphatic rings. The first kappa shape index (κ1) is 12.0. The van der Waals surface area contributed by atoms with Crippen LogP contribution in [0.25, 0.3) is 0 Å². The highest BCUT2D eigenvalue weighted by Gasteiger charge is 2.24. The predicted molar refractivity (Wildman–Crippen MR) is 73.9 cm³/mol. The molecule has 0 spiro atoms. The summed E-state index contributed by atoms with van der Waals surface area (Å²) in [4.78, 5) is 0. The van der Waals surface area contributed by atoms with Gasteiger partial charge in [0.25, 0.3) is 0 Å². The molecule has 18 heavy (non-hydrogen) atoms. The van der Waals surface area contributed by atoms with E-state index in [1.54, 1.807) is 0 Å². The summed E-state index contributed by atoms with van der Waals surface area (Å²) in [5.41, 5.74) is 1.41. The largest absolute Gasteiger partial charge is 0.490 e. The number of nitrogens with one attached hydrogen (secondary N) is 1. The first-order valence-electron chi connectivity index (χ1n) is 7.35. The van der Waals surface area contributed by atoms with E-state index < -0.39 is 0 Å². The molecule has 2 heteroatoms. The van der Waals surface area contributed by atoms with Crippen LogP contribution < -0.4 is 10.1 Å². The standard InChI is InChI=1S/C16H23NO/c1-2-12-9-10-17-16(11-12)13-3-5-14(6-4-13)18-15-7-8-15/h3-6,12,15-17H,2,7-11H2,1H3. The fourth-order valence-corrected chi connectivity index (χ4v) is 2.78. The Morgan fingerprint density at radius 3 is 2.61 bits per heavy atom. The maximum atomic E-state index is 5.79. The fraction of sp³-hybridized carbons (Fsp3) is 0.625. The Morgan fingerprint density at radius 2 is 1.94 bits per heavy atom. The molecule has 2 nitrogen and oxygen atoms in total. The van der Waals surface area contributed by atoms with Crippen molar-refractivity contribution in [1.82, 2.24) is 5.32 Å². The molecule has 1 aliphatic heterocycles. The van der Waals surface area contributed by atoms with Crippen molar-refractivity contribution in [3.63, 3.8) is 0 Å². The molecule has 1 saturated heterocycles. The summed E-state index contributed by atoms with van der Waals surface area (Å²) in [6.07, 6.45) is 6.86. The highest BCUT2D eigenvalue weighted by Crippen LogP contribution is 2.31. The molecule has 1 aromatic rings. The van der Waals surface area contributed by atoms with Crippen molar-refractivity contribution in [3.8, 4) is 5.75 Å². The van der Waals surface area contributed by atoms with Gasteiger partial charge in [-0.2, -0.15) is 0 Å². The molecule has 0 amide bonds. The smallest absolute Gasteiger partial charge is 0.119 e. The molecule has 2 unspecified atom stereocenters. The SMILES string of the molecule is CCC1CCNC(c2ccc(OC3CC3)cc2)C1. The van der Waals surface area contributed by atoms with E-state index >= 15 is 0 Å². The minimum atomic E-state index is 0.494. The molecule has 0 aromatic heterocycles. The third-order valence-electron chi connectivity index (χ3n) is 4.20. The highest BCUT2D eigenvalue weighted by atomic mass is 16.5. The zero-order valence-electron chi connectivity index (χ0n) is 11.2. The van der Waals surface area contributed by atoms with Crippen LogP contribution in [-0.2, 0) is 0 Å². The Bertz CT molecular complexity index is 383. The van der Waals surface area contributed by atoms with Crippen LogP contribution in [0.4, 0.5) is 0 Å². The van der Waals surface area contributed by atoms with Gasteiger partial charge in [-0.3, -0.25) is 0 Å². The Kier molecular flexibility index (Phi) is 3.55. The van der Waals surface area contributed by atoms with E-state index in [0.29, 0.717) is 12.1 Å². The minimum absolute atomic E-state index is 0.494. The molecule has 1 aliphatic carbocycles. The lowest BCUT2D eigenvalue weighted by Crippen LogP contribution is -2.31. The van der Waals surface area contributed by atoms with E-state index in [4.69, 9.17) is 4.74 Å². The Hall–Kier alpha value is -1.02. The van der Waals surface area contributed by atoms with Gasteiger partial charge in [0.05, 0.1) is 6.10 Å². The van der Waals surface area contributed by atoms with Gasteiger partial charge >= 0.3 is 0 Å². The summed E-state index contributed by atoms with van der Waals surface area (Å²) in [7, 11) is 0. The van der Waals surface area contributed by atoms with E-state index in [9.17, 15) is 0 Å². The highest BCUT2D eigenvalue weighted by molar-refractivity contribution is 5.30. The Balaban J connectivity index is 1.63. The van der Waals surface area contributed by atoms with Crippen molar-refractivity contribution in [2.75, 3.05) is 6.54 Å². The summed E-state index contributed by atoms with van der Waals surface area (Å²) in [6, 6.07) is 9.26. The van der Waals surface area contributed by atoms with Crippen molar-refractivity contribution < 1.29 is 4.74 Å². The average Bonchev–Trinajstić information content (AvgIpc) is 3.24. The third kappa shape index (κ3) is 2.86. The van der Waals surface area contributed by atoms with Gasteiger partial charge in [-0.05, 0) is 55.8 Å². The summed E-state index contributed by atoms with van der Waals surface area (Å²) in [5.74, 6) is 1.92. The van der Waals surface area contributed by atoms with Gasteiger partial charge in [-0.1, -0.05) is 25.5 Å². The number of hydrogen-bond donors (Lipinski definition) is 1. The molecular weight excluding hydrogens is 222 g/mol. The number of rotatable bonds is 4. The summed E-state index contributed by atoms with van der Waals surface area (Å²) in [5, 5.41) is 3.63. The predicted octanol–water partition coefficient (Wildman–Crippen LogP) is 3.68. The molecule has 0 bridgehead atoms. The summed E-state index contributed by atoms with van der Waals surface area (Å²) < 4.78 is 5.79. The maximum Gasteiger partial charge on any atom is 0.119 e. The number of hydrogen-bond acceptors (Lipinski definition) is 2. The van der Waals surface area contributed by atoms with Crippen LogP contribution >= 0.6 is 0 Å². The minimum Gasteiger partial charge on any atom is -0.490 e. The van der Waals surface area contributed by atoms with Crippen LogP contribution in [0.15, 0.2) is 24.3 Å². The first-order valence-corrected chi connectivity index (χ1v) is 7.35. The molecule has 98 valence electrons. The Labute approximate surface area is 110 Å². The van der Waals surface area contributed by atoms with E-state index in [1.165, 1.54) is 37.7 Å². The van der Waals surface area contributed by atoms with Crippen molar-refractivity contribution in [1.29, 1.82) is 0 Å². The quantitative estimate of drug-likeness (QED) is 0.873. The van der Waals surface area contributed by atoms with Crippen molar-refractivity contribution in [2.24, 2.45) is 5.92 Å². The van der Waals surface area contributed by atoms with Gasteiger partial charge in [-0.25, -0.2) is 0 Å². The maximum absolute atomic E-state index is 5.79. The molecule has 1 aromatic carbocycles. The number of ether oxygens (including phenoxy) is 1. The lowest BCUT2D eigenvalue weighted by molar-refractivity contribution is 0.296. The van der Waals surface area contributed by atoms with Crippen LogP contribution in [0.5, 0.6) is 5.75 Å². The van der Waals surface area contributed by atoms with E-state index in [-0.39, 0.29) is 0 Å². The van der Waals surface area contributed by atoms with E-state index in [1.807, 2.05) is 0 Å². The fourth-order valence-electron chi connectivity index (χ4n) is 2.78. The molecule has 0 radical (unpaired) electrons. The zero-order chi connectivity index (χ0) is 12.4. The third-order valence-corrected chi connectivity index (χ3v) is 4.20. The Morgan fingerprint density at radius 1 is 1.17 bits per heavy atom. The summed E-state index contributed by atoms with van der Waals surface area (Å²) in [6.45, 7) is 3.46. The molecule has 1 heterocycles. The van der Waals surface area contributed by atoms with E-state index in [0.717, 1.165) is 18.2 Å². The molecule has 1 saturated carbocycles.